The standard InChI is InChI=1S/C18H18F4N4O/c1-10-6-11(12-8-24-17(25-9-12)18(20,21)22)7-13(26-10)2-3-15(27)16-14(19)4-5-23-16/h6-9,14,16,23H,2-5H2,1H3/t14-,16-/m0/s1. The fraction of sp³-hybridized carbons (Fsp3) is 0.444. The Morgan fingerprint density at radius 2 is 1.93 bits per heavy atom. The lowest BCUT2D eigenvalue weighted by Gasteiger charge is -2.12. The minimum atomic E-state index is -4.60. The van der Waals surface area contributed by atoms with E-state index in [9.17, 15) is 22.4 Å². The largest absolute Gasteiger partial charge is 0.451 e. The molecule has 0 amide bonds. The number of alkyl halides is 4. The number of nitrogens with zero attached hydrogens (tertiary/aromatic N) is 3. The smallest absolute Gasteiger partial charge is 0.305 e. The van der Waals surface area contributed by atoms with Crippen LogP contribution in [0.15, 0.2) is 24.5 Å². The highest BCUT2D eigenvalue weighted by molar-refractivity contribution is 5.85. The molecule has 9 heteroatoms. The first kappa shape index (κ1) is 19.3. The molecule has 0 aliphatic carbocycles. The van der Waals surface area contributed by atoms with Gasteiger partial charge in [-0.2, -0.15) is 13.2 Å². The van der Waals surface area contributed by atoms with Crippen molar-refractivity contribution < 1.29 is 22.4 Å². The Bertz CT molecular complexity index is 823. The van der Waals surface area contributed by atoms with E-state index in [1.807, 2.05) is 0 Å². The van der Waals surface area contributed by atoms with E-state index in [2.05, 4.69) is 20.3 Å². The van der Waals surface area contributed by atoms with Crippen molar-refractivity contribution in [1.82, 2.24) is 20.3 Å². The van der Waals surface area contributed by atoms with Crippen LogP contribution in [-0.2, 0) is 17.4 Å². The molecular formula is C18H18F4N4O. The van der Waals surface area contributed by atoms with Crippen LogP contribution in [0, 0.1) is 6.92 Å². The summed E-state index contributed by atoms with van der Waals surface area (Å²) >= 11 is 0. The molecule has 0 aromatic carbocycles. The molecule has 1 saturated heterocycles. The predicted octanol–water partition coefficient (Wildman–Crippen LogP) is 3.07. The summed E-state index contributed by atoms with van der Waals surface area (Å²) in [5.74, 6) is -1.41. The number of nitrogens with one attached hydrogen (secondary N) is 1. The van der Waals surface area contributed by atoms with Gasteiger partial charge in [0.1, 0.15) is 6.17 Å². The van der Waals surface area contributed by atoms with E-state index in [4.69, 9.17) is 0 Å². The summed E-state index contributed by atoms with van der Waals surface area (Å²) in [6, 6.07) is 2.62. The molecule has 1 aliphatic rings. The third-order valence-corrected chi connectivity index (χ3v) is 4.37. The Morgan fingerprint density at radius 1 is 1.22 bits per heavy atom. The van der Waals surface area contributed by atoms with Crippen molar-refractivity contribution in [1.29, 1.82) is 0 Å². The topological polar surface area (TPSA) is 67.8 Å². The van der Waals surface area contributed by atoms with E-state index in [0.29, 0.717) is 41.9 Å². The molecule has 3 rings (SSSR count). The van der Waals surface area contributed by atoms with Gasteiger partial charge in [-0.05, 0) is 44.0 Å². The summed E-state index contributed by atoms with van der Waals surface area (Å²) in [7, 11) is 0. The SMILES string of the molecule is Cc1cc(-c2cnc(C(F)(F)F)nc2)cc(CCC(=O)[C@H]2NCC[C@@H]2F)n1. The molecule has 0 saturated carbocycles. The number of carbonyl (C=O) groups excluding carboxylic acids is 1. The van der Waals surface area contributed by atoms with Crippen LogP contribution < -0.4 is 5.32 Å². The fourth-order valence-corrected chi connectivity index (χ4v) is 3.05. The molecule has 1 N–H and O–H groups in total. The third kappa shape index (κ3) is 4.65. The Balaban J connectivity index is 1.73. The first-order chi connectivity index (χ1) is 12.7. The Morgan fingerprint density at radius 3 is 2.52 bits per heavy atom. The highest BCUT2D eigenvalue weighted by Gasteiger charge is 2.34. The Kier molecular flexibility index (Phi) is 5.50. The van der Waals surface area contributed by atoms with Crippen LogP contribution in [0.2, 0.25) is 0 Å². The summed E-state index contributed by atoms with van der Waals surface area (Å²) in [5, 5.41) is 2.86. The number of pyridine rings is 1. The van der Waals surface area contributed by atoms with Crippen LogP contribution in [0.5, 0.6) is 0 Å². The fourth-order valence-electron chi connectivity index (χ4n) is 3.05. The maximum Gasteiger partial charge on any atom is 0.451 e. The van der Waals surface area contributed by atoms with E-state index in [-0.39, 0.29) is 12.2 Å². The molecule has 2 aromatic rings. The lowest BCUT2D eigenvalue weighted by atomic mass is 10.0. The average molecular weight is 382 g/mol. The van der Waals surface area contributed by atoms with Crippen LogP contribution in [0.4, 0.5) is 17.6 Å². The van der Waals surface area contributed by atoms with Crippen LogP contribution in [0.1, 0.15) is 30.1 Å². The summed E-state index contributed by atoms with van der Waals surface area (Å²) in [4.78, 5) is 23.2. The van der Waals surface area contributed by atoms with Crippen LogP contribution in [0.3, 0.4) is 0 Å². The maximum atomic E-state index is 13.6. The summed E-state index contributed by atoms with van der Waals surface area (Å²) in [6.45, 7) is 2.23. The quantitative estimate of drug-likeness (QED) is 0.805. The first-order valence-electron chi connectivity index (χ1n) is 8.51. The molecule has 1 aliphatic heterocycles. The molecule has 0 radical (unpaired) electrons. The zero-order chi connectivity index (χ0) is 19.6. The van der Waals surface area contributed by atoms with Gasteiger partial charge in [-0.15, -0.1) is 0 Å². The highest BCUT2D eigenvalue weighted by Crippen LogP contribution is 2.27. The zero-order valence-corrected chi connectivity index (χ0v) is 14.6. The molecule has 0 unspecified atom stereocenters. The van der Waals surface area contributed by atoms with Crippen LogP contribution in [0.25, 0.3) is 11.1 Å². The maximum absolute atomic E-state index is 13.6. The molecule has 27 heavy (non-hydrogen) atoms. The van der Waals surface area contributed by atoms with Gasteiger partial charge in [0.2, 0.25) is 5.82 Å². The van der Waals surface area contributed by atoms with Gasteiger partial charge >= 0.3 is 6.18 Å². The number of rotatable bonds is 5. The van der Waals surface area contributed by atoms with Gasteiger partial charge in [0, 0.05) is 35.8 Å². The number of halogens is 4. The highest BCUT2D eigenvalue weighted by atomic mass is 19.4. The van der Waals surface area contributed by atoms with Gasteiger partial charge in [-0.3, -0.25) is 9.78 Å². The molecule has 0 bridgehead atoms. The Hall–Kier alpha value is -2.42. The van der Waals surface area contributed by atoms with Gasteiger partial charge in [-0.1, -0.05) is 0 Å². The van der Waals surface area contributed by atoms with Crippen molar-refractivity contribution in [2.75, 3.05) is 6.54 Å². The number of aryl methyl sites for hydroxylation is 2. The number of ketones is 1. The van der Waals surface area contributed by atoms with E-state index in [0.717, 1.165) is 12.4 Å². The summed E-state index contributed by atoms with van der Waals surface area (Å²) < 4.78 is 51.4. The minimum absolute atomic E-state index is 0.136. The second kappa shape index (κ2) is 7.67. The third-order valence-electron chi connectivity index (χ3n) is 4.37. The van der Waals surface area contributed by atoms with E-state index in [1.165, 1.54) is 0 Å². The number of carbonyl (C=O) groups is 1. The minimum Gasteiger partial charge on any atom is -0.305 e. The molecule has 3 heterocycles. The van der Waals surface area contributed by atoms with Crippen molar-refractivity contribution in [3.8, 4) is 11.1 Å². The average Bonchev–Trinajstić information content (AvgIpc) is 3.05. The molecule has 1 fully saturated rings. The lowest BCUT2D eigenvalue weighted by molar-refractivity contribution is -0.145. The summed E-state index contributed by atoms with van der Waals surface area (Å²) in [6.07, 6.45) is -2.76. The molecule has 144 valence electrons. The Labute approximate surface area is 153 Å². The van der Waals surface area contributed by atoms with Crippen LogP contribution in [-0.4, -0.2) is 39.5 Å². The van der Waals surface area contributed by atoms with E-state index in [1.54, 1.807) is 19.1 Å². The molecule has 2 aromatic heterocycles. The monoisotopic (exact) mass is 382 g/mol. The molecule has 0 spiro atoms. The first-order valence-corrected chi connectivity index (χ1v) is 8.51. The van der Waals surface area contributed by atoms with Crippen molar-refractivity contribution in [2.24, 2.45) is 0 Å². The number of aromatic nitrogens is 3. The zero-order valence-electron chi connectivity index (χ0n) is 14.6. The van der Waals surface area contributed by atoms with E-state index < -0.39 is 24.2 Å². The number of hydrogen-bond donors (Lipinski definition) is 1. The van der Waals surface area contributed by atoms with Crippen molar-refractivity contribution >= 4 is 5.78 Å². The van der Waals surface area contributed by atoms with Crippen molar-refractivity contribution in [3.63, 3.8) is 0 Å². The summed E-state index contributed by atoms with van der Waals surface area (Å²) in [5.41, 5.74) is 2.28. The van der Waals surface area contributed by atoms with E-state index >= 15 is 0 Å². The number of hydrogen-bond acceptors (Lipinski definition) is 5. The van der Waals surface area contributed by atoms with Gasteiger partial charge in [0.15, 0.2) is 5.78 Å². The van der Waals surface area contributed by atoms with Crippen molar-refractivity contribution in [2.45, 2.75) is 44.6 Å². The second-order valence-corrected chi connectivity index (χ2v) is 6.48. The van der Waals surface area contributed by atoms with Gasteiger partial charge in [0.05, 0.1) is 6.04 Å². The van der Waals surface area contributed by atoms with Gasteiger partial charge < -0.3 is 5.32 Å². The second-order valence-electron chi connectivity index (χ2n) is 6.48. The van der Waals surface area contributed by atoms with Gasteiger partial charge in [0.25, 0.3) is 0 Å². The number of Topliss-reactive ketones (excluding diaryl/α,β-unsaturated/α-hetero) is 1. The van der Waals surface area contributed by atoms with Crippen molar-refractivity contribution in [3.05, 3.63) is 41.7 Å². The normalized spacial score (nSPS) is 20.0. The lowest BCUT2D eigenvalue weighted by Crippen LogP contribution is -2.36. The molecule has 5 nitrogen and oxygen atoms in total. The van der Waals surface area contributed by atoms with Crippen LogP contribution >= 0.6 is 0 Å². The molecular weight excluding hydrogens is 364 g/mol. The van der Waals surface area contributed by atoms with Gasteiger partial charge in [-0.25, -0.2) is 14.4 Å². The predicted molar refractivity (Wildman–Crippen MR) is 89.6 cm³/mol. The molecule has 2 atom stereocenters.